The summed E-state index contributed by atoms with van der Waals surface area (Å²) >= 11 is 3.34. The highest BCUT2D eigenvalue weighted by molar-refractivity contribution is 9.10. The Balaban J connectivity index is 1.91. The molecule has 6 heteroatoms. The summed E-state index contributed by atoms with van der Waals surface area (Å²) in [5.41, 5.74) is 0. The number of methoxy groups -OCH3 is 1. The van der Waals surface area contributed by atoms with Crippen LogP contribution in [0.15, 0.2) is 33.6 Å². The van der Waals surface area contributed by atoms with Crippen LogP contribution in [0, 0.1) is 0 Å². The monoisotopic (exact) mass is 359 g/mol. The van der Waals surface area contributed by atoms with Gasteiger partial charge in [0.15, 0.2) is 0 Å². The lowest BCUT2D eigenvalue weighted by molar-refractivity contribution is 0.0349. The zero-order valence-electron chi connectivity index (χ0n) is 11.3. The SMILES string of the molecule is COC1CC2CCC(C1)N2S(=O)(=O)c1ccc(Br)cc1. The maximum absolute atomic E-state index is 12.8. The van der Waals surface area contributed by atoms with Gasteiger partial charge in [0.25, 0.3) is 0 Å². The van der Waals surface area contributed by atoms with Gasteiger partial charge in [0.1, 0.15) is 0 Å². The lowest BCUT2D eigenvalue weighted by Crippen LogP contribution is -2.48. The van der Waals surface area contributed by atoms with Crippen molar-refractivity contribution in [2.75, 3.05) is 7.11 Å². The molecule has 110 valence electrons. The topological polar surface area (TPSA) is 46.6 Å². The highest BCUT2D eigenvalue weighted by Gasteiger charge is 2.47. The van der Waals surface area contributed by atoms with E-state index in [1.165, 1.54) is 0 Å². The molecule has 20 heavy (non-hydrogen) atoms. The molecule has 0 radical (unpaired) electrons. The first kappa shape index (κ1) is 14.5. The molecule has 2 unspecified atom stereocenters. The van der Waals surface area contributed by atoms with Gasteiger partial charge < -0.3 is 4.74 Å². The number of halogens is 1. The molecule has 0 amide bonds. The fourth-order valence-corrected chi connectivity index (χ4v) is 5.55. The van der Waals surface area contributed by atoms with Crippen molar-refractivity contribution in [2.24, 2.45) is 0 Å². The molecule has 0 saturated carbocycles. The van der Waals surface area contributed by atoms with E-state index in [0.29, 0.717) is 4.90 Å². The van der Waals surface area contributed by atoms with E-state index < -0.39 is 10.0 Å². The summed E-state index contributed by atoms with van der Waals surface area (Å²) in [6.45, 7) is 0. The Morgan fingerprint density at radius 3 is 2.20 bits per heavy atom. The van der Waals surface area contributed by atoms with Crippen molar-refractivity contribution in [1.29, 1.82) is 0 Å². The van der Waals surface area contributed by atoms with Gasteiger partial charge in [-0.15, -0.1) is 0 Å². The van der Waals surface area contributed by atoms with Crippen molar-refractivity contribution >= 4 is 26.0 Å². The second-order valence-corrected chi connectivity index (χ2v) is 8.26. The highest BCUT2D eigenvalue weighted by Crippen LogP contribution is 2.40. The third-order valence-corrected chi connectivity index (χ3v) is 6.89. The minimum Gasteiger partial charge on any atom is -0.381 e. The summed E-state index contributed by atoms with van der Waals surface area (Å²) in [4.78, 5) is 0.383. The molecule has 0 N–H and O–H groups in total. The van der Waals surface area contributed by atoms with Gasteiger partial charge in [-0.2, -0.15) is 4.31 Å². The summed E-state index contributed by atoms with van der Waals surface area (Å²) in [7, 11) is -1.68. The second-order valence-electron chi connectivity index (χ2n) is 5.50. The second kappa shape index (κ2) is 5.40. The predicted molar refractivity (Wildman–Crippen MR) is 80.0 cm³/mol. The van der Waals surface area contributed by atoms with Crippen LogP contribution in [0.3, 0.4) is 0 Å². The Labute approximate surface area is 128 Å². The molecule has 0 spiro atoms. The number of hydrogen-bond acceptors (Lipinski definition) is 3. The first-order valence-corrected chi connectivity index (χ1v) is 9.07. The lowest BCUT2D eigenvalue weighted by Gasteiger charge is -2.37. The van der Waals surface area contributed by atoms with Crippen LogP contribution in [-0.4, -0.2) is 38.0 Å². The molecular formula is C14H18BrNO3S. The van der Waals surface area contributed by atoms with Crippen molar-refractivity contribution < 1.29 is 13.2 Å². The molecule has 2 aliphatic rings. The molecule has 2 heterocycles. The number of ether oxygens (including phenoxy) is 1. The third kappa shape index (κ3) is 2.43. The number of piperidine rings is 1. The number of sulfonamides is 1. The molecule has 2 saturated heterocycles. The third-order valence-electron chi connectivity index (χ3n) is 4.35. The van der Waals surface area contributed by atoms with Gasteiger partial charge in [0.05, 0.1) is 11.0 Å². The van der Waals surface area contributed by atoms with Gasteiger partial charge in [-0.1, -0.05) is 15.9 Å². The van der Waals surface area contributed by atoms with Gasteiger partial charge in [0, 0.05) is 23.7 Å². The molecule has 1 aromatic carbocycles. The van der Waals surface area contributed by atoms with Crippen molar-refractivity contribution in [3.63, 3.8) is 0 Å². The van der Waals surface area contributed by atoms with Crippen molar-refractivity contribution in [1.82, 2.24) is 4.31 Å². The van der Waals surface area contributed by atoms with Crippen LogP contribution < -0.4 is 0 Å². The van der Waals surface area contributed by atoms with Crippen LogP contribution in [0.1, 0.15) is 25.7 Å². The van der Waals surface area contributed by atoms with Gasteiger partial charge in [-0.3, -0.25) is 0 Å². The van der Waals surface area contributed by atoms with E-state index in [0.717, 1.165) is 30.2 Å². The number of benzene rings is 1. The molecule has 2 bridgehead atoms. The van der Waals surface area contributed by atoms with E-state index in [1.54, 1.807) is 35.7 Å². The molecular weight excluding hydrogens is 342 g/mol. The minimum atomic E-state index is -3.39. The van der Waals surface area contributed by atoms with Crippen LogP contribution in [0.5, 0.6) is 0 Å². The Morgan fingerprint density at radius 2 is 1.70 bits per heavy atom. The summed E-state index contributed by atoms with van der Waals surface area (Å²) in [6.07, 6.45) is 3.70. The summed E-state index contributed by atoms with van der Waals surface area (Å²) in [5.74, 6) is 0. The fraction of sp³-hybridized carbons (Fsp3) is 0.571. The quantitative estimate of drug-likeness (QED) is 0.833. The molecule has 2 fully saturated rings. The minimum absolute atomic E-state index is 0.0901. The summed E-state index contributed by atoms with van der Waals surface area (Å²) in [6, 6.07) is 7.07. The first-order valence-electron chi connectivity index (χ1n) is 6.84. The van der Waals surface area contributed by atoms with E-state index in [1.807, 2.05) is 0 Å². The van der Waals surface area contributed by atoms with E-state index in [9.17, 15) is 8.42 Å². The van der Waals surface area contributed by atoms with Gasteiger partial charge in [-0.25, -0.2) is 8.42 Å². The number of fused-ring (bicyclic) bond motifs is 2. The standard InChI is InChI=1S/C14H18BrNO3S/c1-19-13-8-11-4-5-12(9-13)16(11)20(17,18)14-6-2-10(15)3-7-14/h2-3,6-7,11-13H,4-5,8-9H2,1H3. The Bertz CT molecular complexity index is 573. The largest absolute Gasteiger partial charge is 0.381 e. The van der Waals surface area contributed by atoms with Crippen molar-refractivity contribution in [2.45, 2.75) is 48.8 Å². The number of rotatable bonds is 3. The molecule has 0 aromatic heterocycles. The molecule has 3 rings (SSSR count). The van der Waals surface area contributed by atoms with E-state index in [4.69, 9.17) is 4.74 Å². The van der Waals surface area contributed by atoms with Crippen LogP contribution in [0.2, 0.25) is 0 Å². The van der Waals surface area contributed by atoms with E-state index in [-0.39, 0.29) is 18.2 Å². The maximum Gasteiger partial charge on any atom is 0.243 e. The number of nitrogens with zero attached hydrogens (tertiary/aromatic N) is 1. The van der Waals surface area contributed by atoms with Crippen molar-refractivity contribution in [3.8, 4) is 0 Å². The van der Waals surface area contributed by atoms with Crippen LogP contribution >= 0.6 is 15.9 Å². The highest BCUT2D eigenvalue weighted by atomic mass is 79.9. The first-order chi connectivity index (χ1) is 9.52. The van der Waals surface area contributed by atoms with Crippen LogP contribution in [0.25, 0.3) is 0 Å². The molecule has 4 nitrogen and oxygen atoms in total. The Morgan fingerprint density at radius 1 is 1.15 bits per heavy atom. The molecule has 2 atom stereocenters. The zero-order chi connectivity index (χ0) is 14.3. The fourth-order valence-electron chi connectivity index (χ4n) is 3.40. The average molecular weight is 360 g/mol. The Hall–Kier alpha value is -0.430. The van der Waals surface area contributed by atoms with Gasteiger partial charge >= 0.3 is 0 Å². The zero-order valence-corrected chi connectivity index (χ0v) is 13.7. The molecule has 1 aromatic rings. The lowest BCUT2D eigenvalue weighted by atomic mass is 10.0. The van der Waals surface area contributed by atoms with E-state index >= 15 is 0 Å². The summed E-state index contributed by atoms with van der Waals surface area (Å²) in [5, 5.41) is 0. The van der Waals surface area contributed by atoms with E-state index in [2.05, 4.69) is 15.9 Å². The molecule has 2 aliphatic heterocycles. The van der Waals surface area contributed by atoms with Gasteiger partial charge in [-0.05, 0) is 49.9 Å². The Kier molecular flexibility index (Phi) is 3.92. The molecule has 0 aliphatic carbocycles. The van der Waals surface area contributed by atoms with Gasteiger partial charge in [0.2, 0.25) is 10.0 Å². The summed E-state index contributed by atoms with van der Waals surface area (Å²) < 4.78 is 33.7. The normalized spacial score (nSPS) is 30.6. The van der Waals surface area contributed by atoms with Crippen LogP contribution in [0.4, 0.5) is 0 Å². The maximum atomic E-state index is 12.8. The predicted octanol–water partition coefficient (Wildman–Crippen LogP) is 2.78. The van der Waals surface area contributed by atoms with Crippen LogP contribution in [-0.2, 0) is 14.8 Å². The average Bonchev–Trinajstić information content (AvgIpc) is 2.71. The smallest absolute Gasteiger partial charge is 0.243 e. The number of hydrogen-bond donors (Lipinski definition) is 0. The van der Waals surface area contributed by atoms with Crippen molar-refractivity contribution in [3.05, 3.63) is 28.7 Å².